The van der Waals surface area contributed by atoms with Crippen LogP contribution >= 0.6 is 8.58 Å². The smallest absolute Gasteiger partial charge is 0.125 e. The minimum Gasteiger partial charge on any atom is -0.303 e. The summed E-state index contributed by atoms with van der Waals surface area (Å²) in [5.41, 5.74) is 8.68. The van der Waals surface area contributed by atoms with Gasteiger partial charge in [-0.1, -0.05) is 268 Å². The number of unbranched alkanes of at least 4 members (excludes halogenated alkanes) is 14. The number of hydrogen-bond acceptors (Lipinski definition) is 1. The molecule has 0 spiro atoms. The minimum atomic E-state index is -0.0987. The van der Waals surface area contributed by atoms with Crippen molar-refractivity contribution in [3.63, 3.8) is 0 Å². The molecule has 2 aromatic rings. The molecule has 366 valence electrons. The van der Waals surface area contributed by atoms with E-state index >= 15 is 0 Å². The maximum absolute atomic E-state index is 10.8. The Kier molecular flexibility index (Phi) is 56.2. The Hall–Kier alpha value is -1.72. The fourth-order valence-electron chi connectivity index (χ4n) is 6.77. The van der Waals surface area contributed by atoms with Crippen molar-refractivity contribution in [2.75, 3.05) is 12.8 Å². The first-order chi connectivity index (χ1) is 29.6. The van der Waals surface area contributed by atoms with E-state index in [2.05, 4.69) is 139 Å². The Morgan fingerprint density at radius 2 is 1.03 bits per heavy atom. The van der Waals surface area contributed by atoms with Gasteiger partial charge in [0.25, 0.3) is 0 Å². The van der Waals surface area contributed by atoms with Crippen LogP contribution in [0.5, 0.6) is 0 Å². The van der Waals surface area contributed by atoms with E-state index in [0.29, 0.717) is 11.3 Å². The standard InChI is InChI=1S/C18H36O.C17H29P.C13H18.2C4H10.2C2H6/c1-4-5-6-7-8-9-10-11-12-13-14-15-16-18(2,3)17-19;1-7-16(17(4,5)11-12-18-6)15-10-8-9-13(2)14(15)3;1-4-5-6-12(3)13-9-7-11(2)8-10-13;2*1-3-4-2;2*1-2/h17H,4-16H2,1-3H3;8-10,16,18H,7,11-12H2,1-6H3;7-10H,3-6H2,1-2H3;2*3-4H2,1-2H3;2*1-2H3. The van der Waals surface area contributed by atoms with E-state index in [4.69, 9.17) is 0 Å². The van der Waals surface area contributed by atoms with Crippen molar-refractivity contribution in [3.8, 4) is 0 Å². The third kappa shape index (κ3) is 42.2. The summed E-state index contributed by atoms with van der Waals surface area (Å²) >= 11 is 0. The van der Waals surface area contributed by atoms with Crippen LogP contribution in [-0.4, -0.2) is 19.1 Å². The van der Waals surface area contributed by atoms with Crippen LogP contribution in [0.3, 0.4) is 0 Å². The molecule has 0 aliphatic heterocycles. The lowest BCUT2D eigenvalue weighted by Crippen LogP contribution is -2.23. The molecule has 2 heteroatoms. The zero-order chi connectivity index (χ0) is 48.7. The lowest BCUT2D eigenvalue weighted by Gasteiger charge is -2.35. The van der Waals surface area contributed by atoms with Crippen LogP contribution in [0.1, 0.15) is 279 Å². The van der Waals surface area contributed by atoms with Crippen molar-refractivity contribution in [1.82, 2.24) is 0 Å². The van der Waals surface area contributed by atoms with Gasteiger partial charge in [-0.25, -0.2) is 0 Å². The van der Waals surface area contributed by atoms with Crippen LogP contribution in [0.25, 0.3) is 5.57 Å². The molecule has 0 fully saturated rings. The summed E-state index contributed by atoms with van der Waals surface area (Å²) in [6, 6.07) is 15.4. The van der Waals surface area contributed by atoms with Gasteiger partial charge in [-0.3, -0.25) is 0 Å². The van der Waals surface area contributed by atoms with Gasteiger partial charge >= 0.3 is 0 Å². The van der Waals surface area contributed by atoms with Crippen LogP contribution in [0.15, 0.2) is 49.0 Å². The van der Waals surface area contributed by atoms with Gasteiger partial charge in [0.1, 0.15) is 6.29 Å². The summed E-state index contributed by atoms with van der Waals surface area (Å²) in [4.78, 5) is 10.8. The number of aryl methyl sites for hydroxylation is 2. The molecular formula is C60H115OP. The zero-order valence-corrected chi connectivity index (χ0v) is 47.1. The average molecular weight is 884 g/mol. The largest absolute Gasteiger partial charge is 0.303 e. The summed E-state index contributed by atoms with van der Waals surface area (Å²) in [6.07, 6.45) is 31.6. The molecule has 0 saturated carbocycles. The first-order valence-corrected chi connectivity index (χ1v) is 28.2. The summed E-state index contributed by atoms with van der Waals surface area (Å²) < 4.78 is 0. The molecule has 62 heavy (non-hydrogen) atoms. The van der Waals surface area contributed by atoms with Gasteiger partial charge in [-0.2, -0.15) is 0 Å². The van der Waals surface area contributed by atoms with Crippen molar-refractivity contribution in [2.45, 2.75) is 272 Å². The highest BCUT2D eigenvalue weighted by Crippen LogP contribution is 2.43. The molecule has 0 radical (unpaired) electrons. The van der Waals surface area contributed by atoms with Crippen molar-refractivity contribution in [3.05, 3.63) is 76.9 Å². The number of allylic oxidation sites excluding steroid dienone is 1. The molecule has 0 bridgehead atoms. The highest BCUT2D eigenvalue weighted by Gasteiger charge is 2.30. The molecule has 1 nitrogen and oxygen atoms in total. The zero-order valence-electron chi connectivity index (χ0n) is 46.1. The molecule has 0 saturated heterocycles. The van der Waals surface area contributed by atoms with Gasteiger partial charge in [-0.05, 0) is 105 Å². The highest BCUT2D eigenvalue weighted by molar-refractivity contribution is 7.36. The predicted octanol–water partition coefficient (Wildman–Crippen LogP) is 21.7. The van der Waals surface area contributed by atoms with E-state index in [0.717, 1.165) is 27.7 Å². The van der Waals surface area contributed by atoms with Crippen LogP contribution < -0.4 is 0 Å². The van der Waals surface area contributed by atoms with Gasteiger partial charge in [0.2, 0.25) is 0 Å². The molecule has 0 amide bonds. The highest BCUT2D eigenvalue weighted by atomic mass is 31.1. The van der Waals surface area contributed by atoms with Crippen LogP contribution in [-0.2, 0) is 4.79 Å². The first-order valence-electron chi connectivity index (χ1n) is 26.5. The Bertz CT molecular complexity index is 1180. The van der Waals surface area contributed by atoms with Crippen LogP contribution in [0.4, 0.5) is 0 Å². The fraction of sp³-hybridized carbons (Fsp3) is 0.750. The number of hydrogen-bond donors (Lipinski definition) is 0. The third-order valence-electron chi connectivity index (χ3n) is 11.7. The van der Waals surface area contributed by atoms with E-state index in [1.165, 1.54) is 162 Å². The van der Waals surface area contributed by atoms with Crippen molar-refractivity contribution >= 4 is 20.4 Å². The third-order valence-corrected chi connectivity index (χ3v) is 12.4. The molecule has 0 aliphatic carbocycles. The summed E-state index contributed by atoms with van der Waals surface area (Å²) in [5.74, 6) is 0.689. The molecule has 2 rings (SSSR count). The summed E-state index contributed by atoms with van der Waals surface area (Å²) in [6.45, 7) is 45.5. The normalized spacial score (nSPS) is 11.0. The van der Waals surface area contributed by atoms with Gasteiger partial charge in [0, 0.05) is 5.41 Å². The maximum atomic E-state index is 10.8. The lowest BCUT2D eigenvalue weighted by molar-refractivity contribution is -0.115. The van der Waals surface area contributed by atoms with E-state index in [-0.39, 0.29) is 5.41 Å². The lowest BCUT2D eigenvalue weighted by atomic mass is 9.70. The molecular weight excluding hydrogens is 768 g/mol. The number of carbonyl (C=O) groups is 1. The molecule has 0 heterocycles. The first kappa shape index (κ1) is 69.3. The van der Waals surface area contributed by atoms with Crippen LogP contribution in [0.2, 0.25) is 0 Å². The topological polar surface area (TPSA) is 17.1 Å². The Labute approximate surface area is 395 Å². The minimum absolute atomic E-state index is 0.0987. The van der Waals surface area contributed by atoms with Gasteiger partial charge in [0.05, 0.1) is 0 Å². The van der Waals surface area contributed by atoms with E-state index in [1.807, 2.05) is 41.5 Å². The van der Waals surface area contributed by atoms with Gasteiger partial charge < -0.3 is 4.79 Å². The quantitative estimate of drug-likeness (QED) is 0.0523. The number of carbonyl (C=O) groups excluding carboxylic acids is 1. The molecule has 0 N–H and O–H groups in total. The Morgan fingerprint density at radius 3 is 1.42 bits per heavy atom. The van der Waals surface area contributed by atoms with Crippen molar-refractivity contribution < 1.29 is 4.79 Å². The maximum Gasteiger partial charge on any atom is 0.125 e. The Morgan fingerprint density at radius 1 is 0.597 bits per heavy atom. The van der Waals surface area contributed by atoms with Crippen LogP contribution in [0, 0.1) is 31.6 Å². The molecule has 2 aromatic carbocycles. The van der Waals surface area contributed by atoms with E-state index < -0.39 is 0 Å². The second-order valence-electron chi connectivity index (χ2n) is 18.4. The van der Waals surface area contributed by atoms with E-state index in [1.54, 1.807) is 5.56 Å². The molecule has 2 atom stereocenters. The second kappa shape index (κ2) is 50.3. The number of rotatable bonds is 26. The monoisotopic (exact) mass is 883 g/mol. The summed E-state index contributed by atoms with van der Waals surface area (Å²) in [5, 5.41) is 0. The molecule has 0 aliphatic rings. The summed E-state index contributed by atoms with van der Waals surface area (Å²) in [7, 11) is 1.08. The predicted molar refractivity (Wildman–Crippen MR) is 296 cm³/mol. The average Bonchev–Trinajstić information content (AvgIpc) is 3.29. The fourth-order valence-corrected chi connectivity index (χ4v) is 7.66. The SMILES string of the molecule is C=C(CCCC)c1ccc(C)cc1.CC.CC.CCC(c1cccc(C)c1C)C(C)(C)CCPC.CCCC.CCCC.CCCCCCCCCCCCCCC(C)(C)C=O. The molecule has 2 unspecified atom stereocenters. The van der Waals surface area contributed by atoms with E-state index in [9.17, 15) is 4.79 Å². The van der Waals surface area contributed by atoms with Crippen molar-refractivity contribution in [2.24, 2.45) is 10.8 Å². The second-order valence-corrected chi connectivity index (χ2v) is 19.6. The molecule has 0 aromatic heterocycles. The Balaban J connectivity index is -0.000000234. The van der Waals surface area contributed by atoms with Crippen molar-refractivity contribution in [1.29, 1.82) is 0 Å². The number of aldehydes is 1. The van der Waals surface area contributed by atoms with Gasteiger partial charge in [-0.15, -0.1) is 8.58 Å². The van der Waals surface area contributed by atoms with Gasteiger partial charge in [0.15, 0.2) is 0 Å². The number of benzene rings is 2.